The average molecular weight is 319 g/mol. The largest absolute Gasteiger partial charge is 0.312 e. The van der Waals surface area contributed by atoms with E-state index in [2.05, 4.69) is 23.9 Å². The Balaban J connectivity index is 2.74. The van der Waals surface area contributed by atoms with E-state index in [1.165, 1.54) is 0 Å². The van der Waals surface area contributed by atoms with Crippen LogP contribution >= 0.6 is 11.3 Å². The summed E-state index contributed by atoms with van der Waals surface area (Å²) in [6, 6.07) is 1.79. The molecule has 1 aromatic heterocycles. The molecule has 20 heavy (non-hydrogen) atoms. The van der Waals surface area contributed by atoms with Crippen LogP contribution in [0.15, 0.2) is 11.0 Å². The van der Waals surface area contributed by atoms with Gasteiger partial charge in [0.1, 0.15) is 0 Å². The predicted octanol–water partition coefficient (Wildman–Crippen LogP) is 2.88. The van der Waals surface area contributed by atoms with Crippen LogP contribution < -0.4 is 10.0 Å². The third-order valence-corrected chi connectivity index (χ3v) is 5.99. The molecule has 1 rings (SSSR count). The molecule has 0 amide bonds. The Morgan fingerprint density at radius 3 is 2.65 bits per heavy atom. The van der Waals surface area contributed by atoms with Crippen LogP contribution in [0.5, 0.6) is 0 Å². The van der Waals surface area contributed by atoms with Gasteiger partial charge in [-0.15, -0.1) is 11.3 Å². The monoisotopic (exact) mass is 318 g/mol. The molecule has 0 saturated carbocycles. The predicted molar refractivity (Wildman–Crippen MR) is 85.7 cm³/mol. The Morgan fingerprint density at radius 1 is 1.35 bits per heavy atom. The van der Waals surface area contributed by atoms with Gasteiger partial charge in [0.25, 0.3) is 0 Å². The number of hydrogen-bond acceptors (Lipinski definition) is 4. The fourth-order valence-corrected chi connectivity index (χ4v) is 4.51. The first-order valence-corrected chi connectivity index (χ1v) is 9.50. The zero-order valence-corrected chi connectivity index (χ0v) is 14.5. The van der Waals surface area contributed by atoms with Crippen molar-refractivity contribution in [3.63, 3.8) is 0 Å². The van der Waals surface area contributed by atoms with Crippen molar-refractivity contribution >= 4 is 21.4 Å². The Bertz CT molecular complexity index is 509. The molecule has 1 unspecified atom stereocenters. The minimum atomic E-state index is -3.37. The molecule has 1 heterocycles. The van der Waals surface area contributed by atoms with Gasteiger partial charge in [0.05, 0.1) is 4.90 Å². The molecule has 0 aliphatic rings. The molecule has 4 nitrogen and oxygen atoms in total. The molecular weight excluding hydrogens is 292 g/mol. The molecule has 0 aliphatic heterocycles. The maximum Gasteiger partial charge on any atom is 0.241 e. The fraction of sp³-hybridized carbons (Fsp3) is 0.714. The summed E-state index contributed by atoms with van der Waals surface area (Å²) in [5, 5.41) is 3.30. The second-order valence-electron chi connectivity index (χ2n) is 5.18. The van der Waals surface area contributed by atoms with E-state index in [0.717, 1.165) is 35.7 Å². The normalized spacial score (nSPS) is 13.6. The van der Waals surface area contributed by atoms with Crippen LogP contribution in [0.2, 0.25) is 0 Å². The Kier molecular flexibility index (Phi) is 7.15. The molecular formula is C14H26N2O2S2. The van der Waals surface area contributed by atoms with Gasteiger partial charge in [-0.3, -0.25) is 0 Å². The number of aryl methyl sites for hydroxylation is 1. The Hall–Kier alpha value is -0.430. The Labute approximate surface area is 127 Å². The molecule has 116 valence electrons. The number of sulfonamides is 1. The van der Waals surface area contributed by atoms with Crippen molar-refractivity contribution in [2.45, 2.75) is 52.0 Å². The van der Waals surface area contributed by atoms with Gasteiger partial charge in [-0.05, 0) is 31.9 Å². The van der Waals surface area contributed by atoms with Gasteiger partial charge in [-0.2, -0.15) is 0 Å². The van der Waals surface area contributed by atoms with Gasteiger partial charge in [0.2, 0.25) is 10.0 Å². The van der Waals surface area contributed by atoms with E-state index in [1.54, 1.807) is 17.4 Å². The van der Waals surface area contributed by atoms with Gasteiger partial charge < -0.3 is 5.32 Å². The quantitative estimate of drug-likeness (QED) is 0.688. The smallest absolute Gasteiger partial charge is 0.241 e. The van der Waals surface area contributed by atoms with Crippen molar-refractivity contribution in [1.82, 2.24) is 10.0 Å². The highest BCUT2D eigenvalue weighted by Crippen LogP contribution is 2.25. The minimum absolute atomic E-state index is 0.356. The highest BCUT2D eigenvalue weighted by molar-refractivity contribution is 7.89. The number of rotatable bonds is 9. The molecule has 0 aliphatic carbocycles. The lowest BCUT2D eigenvalue weighted by atomic mass is 10.1. The van der Waals surface area contributed by atoms with Crippen molar-refractivity contribution in [3.05, 3.63) is 15.8 Å². The van der Waals surface area contributed by atoms with Crippen molar-refractivity contribution in [2.24, 2.45) is 5.92 Å². The first kappa shape index (κ1) is 17.6. The fourth-order valence-electron chi connectivity index (χ4n) is 1.74. The summed E-state index contributed by atoms with van der Waals surface area (Å²) in [5.41, 5.74) is 0. The van der Waals surface area contributed by atoms with E-state index in [9.17, 15) is 8.42 Å². The van der Waals surface area contributed by atoms with Crippen molar-refractivity contribution in [3.8, 4) is 0 Å². The van der Waals surface area contributed by atoms with E-state index in [-0.39, 0.29) is 0 Å². The molecule has 1 atom stereocenters. The van der Waals surface area contributed by atoms with Gasteiger partial charge in [0, 0.05) is 22.8 Å². The van der Waals surface area contributed by atoms with Crippen LogP contribution in [-0.2, 0) is 16.6 Å². The summed E-state index contributed by atoms with van der Waals surface area (Å²) in [5.74, 6) is 0.356. The third kappa shape index (κ3) is 5.16. The first-order chi connectivity index (χ1) is 9.40. The van der Waals surface area contributed by atoms with E-state index < -0.39 is 10.0 Å². The number of nitrogens with one attached hydrogen (secondary N) is 2. The van der Waals surface area contributed by atoms with Crippen LogP contribution in [0.25, 0.3) is 0 Å². The zero-order valence-electron chi connectivity index (χ0n) is 12.8. The summed E-state index contributed by atoms with van der Waals surface area (Å²) in [7, 11) is -3.37. The van der Waals surface area contributed by atoms with E-state index in [0.29, 0.717) is 17.4 Å². The van der Waals surface area contributed by atoms with Gasteiger partial charge in [-0.1, -0.05) is 27.2 Å². The molecule has 2 N–H and O–H groups in total. The summed E-state index contributed by atoms with van der Waals surface area (Å²) < 4.78 is 27.3. The van der Waals surface area contributed by atoms with Crippen LogP contribution in [0.3, 0.4) is 0 Å². The van der Waals surface area contributed by atoms with Crippen LogP contribution in [0.4, 0.5) is 0 Å². The molecule has 0 bridgehead atoms. The standard InChI is InChI=1S/C14H26N2O2S2/c1-5-7-15-10-13-8-14(12(4)19-13)20(17,18)16-9-11(3)6-2/h8,11,15-16H,5-7,9-10H2,1-4H3. The van der Waals surface area contributed by atoms with Crippen LogP contribution in [-0.4, -0.2) is 21.5 Å². The van der Waals surface area contributed by atoms with Gasteiger partial charge >= 0.3 is 0 Å². The van der Waals surface area contributed by atoms with Crippen LogP contribution in [0, 0.1) is 12.8 Å². The molecule has 6 heteroatoms. The highest BCUT2D eigenvalue weighted by Gasteiger charge is 2.20. The molecule has 0 fully saturated rings. The maximum atomic E-state index is 12.3. The molecule has 1 aromatic rings. The van der Waals surface area contributed by atoms with Crippen molar-refractivity contribution in [1.29, 1.82) is 0 Å². The van der Waals surface area contributed by atoms with Crippen molar-refractivity contribution in [2.75, 3.05) is 13.1 Å². The lowest BCUT2D eigenvalue weighted by molar-refractivity contribution is 0.528. The average Bonchev–Trinajstić information content (AvgIpc) is 2.78. The first-order valence-electron chi connectivity index (χ1n) is 7.20. The molecule has 0 radical (unpaired) electrons. The number of hydrogen-bond donors (Lipinski definition) is 2. The lowest BCUT2D eigenvalue weighted by Gasteiger charge is -2.10. The van der Waals surface area contributed by atoms with Gasteiger partial charge in [-0.25, -0.2) is 13.1 Å². The second kappa shape index (κ2) is 8.12. The van der Waals surface area contributed by atoms with E-state index in [1.807, 2.05) is 13.8 Å². The zero-order chi connectivity index (χ0) is 15.2. The summed E-state index contributed by atoms with van der Waals surface area (Å²) in [6.45, 7) is 10.3. The highest BCUT2D eigenvalue weighted by atomic mass is 32.2. The maximum absolute atomic E-state index is 12.3. The second-order valence-corrected chi connectivity index (χ2v) is 8.25. The molecule has 0 spiro atoms. The molecule has 0 aromatic carbocycles. The summed E-state index contributed by atoms with van der Waals surface area (Å²) >= 11 is 1.55. The van der Waals surface area contributed by atoms with Gasteiger partial charge in [0.15, 0.2) is 0 Å². The summed E-state index contributed by atoms with van der Waals surface area (Å²) in [4.78, 5) is 2.36. The topological polar surface area (TPSA) is 58.2 Å². The lowest BCUT2D eigenvalue weighted by Crippen LogP contribution is -2.28. The van der Waals surface area contributed by atoms with E-state index in [4.69, 9.17) is 0 Å². The van der Waals surface area contributed by atoms with Crippen molar-refractivity contribution < 1.29 is 8.42 Å². The summed E-state index contributed by atoms with van der Waals surface area (Å²) in [6.07, 6.45) is 2.04. The van der Waals surface area contributed by atoms with E-state index >= 15 is 0 Å². The SMILES string of the molecule is CCCNCc1cc(S(=O)(=O)NCC(C)CC)c(C)s1. The Morgan fingerprint density at radius 2 is 2.05 bits per heavy atom. The minimum Gasteiger partial charge on any atom is -0.312 e. The number of thiophene rings is 1. The van der Waals surface area contributed by atoms with Crippen LogP contribution in [0.1, 0.15) is 43.4 Å². The third-order valence-electron chi connectivity index (χ3n) is 3.26. The molecule has 0 saturated heterocycles.